The van der Waals surface area contributed by atoms with Crippen molar-refractivity contribution >= 4 is 44.4 Å². The minimum Gasteiger partial charge on any atom is -0.478 e. The Bertz CT molecular complexity index is 1440. The molecule has 0 aliphatic heterocycles. The quantitative estimate of drug-likeness (QED) is 0.284. The van der Waals surface area contributed by atoms with Crippen molar-refractivity contribution in [3.63, 3.8) is 0 Å². The Balaban J connectivity index is 1.97. The van der Waals surface area contributed by atoms with Crippen LogP contribution in [-0.2, 0) is 6.18 Å². The maximum absolute atomic E-state index is 14.4. The Morgan fingerprint density at radius 3 is 2.29 bits per heavy atom. The Kier molecular flexibility index (Phi) is 6.09. The van der Waals surface area contributed by atoms with E-state index in [2.05, 4.69) is 26.2 Å². The molecule has 4 aromatic rings. The van der Waals surface area contributed by atoms with Crippen molar-refractivity contribution in [1.29, 1.82) is 0 Å². The second-order valence-electron chi connectivity index (χ2n) is 7.19. The molecule has 0 aliphatic carbocycles. The number of aromatic carboxylic acids is 1. The molecule has 2 N–H and O–H groups in total. The average Bonchev–Trinajstić information content (AvgIpc) is 2.78. The number of hydrogen-bond acceptors (Lipinski definition) is 3. The minimum absolute atomic E-state index is 0.0959. The fourth-order valence-corrected chi connectivity index (χ4v) is 3.85. The van der Waals surface area contributed by atoms with E-state index >= 15 is 0 Å². The van der Waals surface area contributed by atoms with E-state index in [1.807, 2.05) is 0 Å². The number of alkyl halides is 3. The number of anilines is 1. The van der Waals surface area contributed by atoms with Crippen LogP contribution in [0.4, 0.5) is 23.2 Å². The van der Waals surface area contributed by atoms with Crippen LogP contribution in [0.3, 0.4) is 0 Å². The van der Waals surface area contributed by atoms with Crippen LogP contribution in [0.25, 0.3) is 22.2 Å². The lowest BCUT2D eigenvalue weighted by atomic mass is 9.95. The predicted molar refractivity (Wildman–Crippen MR) is 121 cm³/mol. The third-order valence-electron chi connectivity index (χ3n) is 4.97. The van der Waals surface area contributed by atoms with Gasteiger partial charge in [0.1, 0.15) is 5.82 Å². The molecule has 1 heterocycles. The van der Waals surface area contributed by atoms with Crippen LogP contribution in [0.15, 0.2) is 71.2 Å². The lowest BCUT2D eigenvalue weighted by molar-refractivity contribution is -0.137. The van der Waals surface area contributed by atoms with E-state index in [1.54, 1.807) is 24.3 Å². The number of nitrogens with one attached hydrogen (secondary N) is 1. The van der Waals surface area contributed by atoms with E-state index in [-0.39, 0.29) is 22.0 Å². The van der Waals surface area contributed by atoms with Crippen molar-refractivity contribution in [3.8, 4) is 11.3 Å². The van der Waals surface area contributed by atoms with E-state index in [0.29, 0.717) is 10.5 Å². The number of pyridine rings is 1. The zero-order valence-corrected chi connectivity index (χ0v) is 18.5. The zero-order chi connectivity index (χ0) is 24.6. The molecule has 0 aliphatic rings. The first-order valence-electron chi connectivity index (χ1n) is 9.66. The van der Waals surface area contributed by atoms with Crippen molar-refractivity contribution in [2.24, 2.45) is 0 Å². The molecule has 4 rings (SSSR count). The van der Waals surface area contributed by atoms with E-state index in [0.717, 1.165) is 12.1 Å². The summed E-state index contributed by atoms with van der Waals surface area (Å²) >= 11 is 3.20. The zero-order valence-electron chi connectivity index (χ0n) is 17.0. The van der Waals surface area contributed by atoms with E-state index in [4.69, 9.17) is 5.11 Å². The molecule has 34 heavy (non-hydrogen) atoms. The summed E-state index contributed by atoms with van der Waals surface area (Å²) in [5.41, 5.74) is -3.04. The maximum atomic E-state index is 14.4. The number of aromatic nitrogens is 1. The van der Waals surface area contributed by atoms with Gasteiger partial charge in [-0.3, -0.25) is 4.79 Å². The normalized spacial score (nSPS) is 11.4. The van der Waals surface area contributed by atoms with Crippen LogP contribution in [0, 0.1) is 5.82 Å². The van der Waals surface area contributed by atoms with Gasteiger partial charge in [-0.1, -0.05) is 46.3 Å². The topological polar surface area (TPSA) is 79.3 Å². The highest BCUT2D eigenvalue weighted by Crippen LogP contribution is 2.42. The molecular formula is C24H13BrF4N2O3. The third-order valence-corrected chi connectivity index (χ3v) is 5.46. The predicted octanol–water partition coefficient (Wildman–Crippen LogP) is 6.77. The van der Waals surface area contributed by atoms with Gasteiger partial charge in [0.25, 0.3) is 5.91 Å². The number of carboxylic acids is 1. The highest BCUT2D eigenvalue weighted by molar-refractivity contribution is 9.10. The Labute approximate surface area is 198 Å². The van der Waals surface area contributed by atoms with Crippen molar-refractivity contribution in [1.82, 2.24) is 4.98 Å². The first-order valence-corrected chi connectivity index (χ1v) is 10.5. The highest BCUT2D eigenvalue weighted by Gasteiger charge is 2.40. The molecule has 0 unspecified atom stereocenters. The molecule has 10 heteroatoms. The molecule has 0 bridgehead atoms. The summed E-state index contributed by atoms with van der Waals surface area (Å²) in [6.45, 7) is 0. The van der Waals surface area contributed by atoms with Gasteiger partial charge in [-0.2, -0.15) is 13.2 Å². The van der Waals surface area contributed by atoms with Gasteiger partial charge in [-0.05, 0) is 36.4 Å². The number of benzene rings is 3. The van der Waals surface area contributed by atoms with Crippen LogP contribution in [0.1, 0.15) is 26.3 Å². The number of fused-ring (bicyclic) bond motifs is 1. The van der Waals surface area contributed by atoms with Crippen LogP contribution in [0.2, 0.25) is 0 Å². The lowest BCUT2D eigenvalue weighted by Gasteiger charge is -2.19. The van der Waals surface area contributed by atoms with E-state index in [1.165, 1.54) is 24.3 Å². The second kappa shape index (κ2) is 8.86. The summed E-state index contributed by atoms with van der Waals surface area (Å²) in [6, 6.07) is 14.6. The van der Waals surface area contributed by atoms with Gasteiger partial charge in [-0.25, -0.2) is 14.2 Å². The SMILES string of the molecule is O=C(O)c1ccc(NC(=O)c2c(C(F)(F)F)c(-c3ccccc3)nc3ccc(Br)cc23)c(F)c1. The fraction of sp³-hybridized carbons (Fsp3) is 0.0417. The standard InChI is InChI=1S/C24H13BrF4N2O3/c25-14-7-9-17-15(11-14)19(22(32)31-18-8-6-13(23(33)34)10-16(18)26)20(24(27,28)29)21(30-17)12-4-2-1-3-5-12/h1-11H,(H,31,32)(H,33,34). The first kappa shape index (κ1) is 23.4. The molecule has 172 valence electrons. The number of halogens is 5. The molecule has 0 radical (unpaired) electrons. The van der Waals surface area contributed by atoms with Gasteiger partial charge in [0.2, 0.25) is 0 Å². The molecule has 5 nitrogen and oxygen atoms in total. The molecule has 0 saturated heterocycles. The average molecular weight is 533 g/mol. The van der Waals surface area contributed by atoms with Gasteiger partial charge in [-0.15, -0.1) is 0 Å². The van der Waals surface area contributed by atoms with Crippen molar-refractivity contribution in [2.75, 3.05) is 5.32 Å². The fourth-order valence-electron chi connectivity index (χ4n) is 3.49. The first-order chi connectivity index (χ1) is 16.1. The summed E-state index contributed by atoms with van der Waals surface area (Å²) < 4.78 is 58.0. The summed E-state index contributed by atoms with van der Waals surface area (Å²) in [5, 5.41) is 11.0. The van der Waals surface area contributed by atoms with E-state index in [9.17, 15) is 27.2 Å². The minimum atomic E-state index is -4.98. The number of carboxylic acid groups (broad SMARTS) is 1. The van der Waals surface area contributed by atoms with Gasteiger partial charge in [0.15, 0.2) is 0 Å². The van der Waals surface area contributed by atoms with Gasteiger partial charge < -0.3 is 10.4 Å². The Hall–Kier alpha value is -3.79. The number of carbonyl (C=O) groups is 2. The van der Waals surface area contributed by atoms with Gasteiger partial charge >= 0.3 is 12.1 Å². The van der Waals surface area contributed by atoms with Crippen molar-refractivity contribution in [3.05, 3.63) is 93.7 Å². The molecule has 3 aromatic carbocycles. The molecule has 1 aromatic heterocycles. The number of rotatable bonds is 4. The van der Waals surface area contributed by atoms with E-state index < -0.39 is 46.4 Å². The third kappa shape index (κ3) is 4.49. The van der Waals surface area contributed by atoms with Gasteiger partial charge in [0.05, 0.1) is 33.6 Å². The Morgan fingerprint density at radius 2 is 1.68 bits per heavy atom. The van der Waals surface area contributed by atoms with Crippen LogP contribution >= 0.6 is 15.9 Å². The van der Waals surface area contributed by atoms with Gasteiger partial charge in [0, 0.05) is 15.4 Å². The summed E-state index contributed by atoms with van der Waals surface area (Å²) in [5.74, 6) is -3.73. The van der Waals surface area contributed by atoms with Crippen molar-refractivity contribution in [2.45, 2.75) is 6.18 Å². The van der Waals surface area contributed by atoms with Crippen molar-refractivity contribution < 1.29 is 32.3 Å². The molecule has 1 amide bonds. The Morgan fingerprint density at radius 1 is 0.971 bits per heavy atom. The number of hydrogen-bond donors (Lipinski definition) is 2. The molecule has 0 spiro atoms. The smallest absolute Gasteiger partial charge is 0.419 e. The summed E-state index contributed by atoms with van der Waals surface area (Å²) in [6.07, 6.45) is -4.98. The van der Waals surface area contributed by atoms with Crippen LogP contribution in [0.5, 0.6) is 0 Å². The van der Waals surface area contributed by atoms with Crippen LogP contribution < -0.4 is 5.32 Å². The molecule has 0 saturated carbocycles. The summed E-state index contributed by atoms with van der Waals surface area (Å²) in [7, 11) is 0. The maximum Gasteiger partial charge on any atom is 0.419 e. The second-order valence-corrected chi connectivity index (χ2v) is 8.11. The monoisotopic (exact) mass is 532 g/mol. The molecule has 0 atom stereocenters. The highest BCUT2D eigenvalue weighted by atomic mass is 79.9. The molecule has 0 fully saturated rings. The molecular weight excluding hydrogens is 520 g/mol. The summed E-state index contributed by atoms with van der Waals surface area (Å²) in [4.78, 5) is 28.4. The number of amides is 1. The number of carbonyl (C=O) groups excluding carboxylic acids is 1. The number of nitrogens with zero attached hydrogens (tertiary/aromatic N) is 1. The largest absolute Gasteiger partial charge is 0.478 e. The lowest BCUT2D eigenvalue weighted by Crippen LogP contribution is -2.22. The van der Waals surface area contributed by atoms with Crippen LogP contribution in [-0.4, -0.2) is 22.0 Å².